The van der Waals surface area contributed by atoms with Gasteiger partial charge in [-0.1, -0.05) is 26.8 Å². The molecule has 0 spiro atoms. The van der Waals surface area contributed by atoms with Gasteiger partial charge in [0.05, 0.1) is 17.4 Å². The van der Waals surface area contributed by atoms with Gasteiger partial charge in [0.25, 0.3) is 0 Å². The van der Waals surface area contributed by atoms with E-state index in [-0.39, 0.29) is 0 Å². The van der Waals surface area contributed by atoms with Crippen molar-refractivity contribution in [2.45, 2.75) is 27.2 Å². The summed E-state index contributed by atoms with van der Waals surface area (Å²) in [6.45, 7) is 10.1. The molecule has 108 valence electrons. The van der Waals surface area contributed by atoms with E-state index in [1.54, 1.807) is 12.3 Å². The van der Waals surface area contributed by atoms with Crippen LogP contribution in [-0.4, -0.2) is 16.3 Å². The third kappa shape index (κ3) is 3.02. The molecule has 0 atom stereocenters. The van der Waals surface area contributed by atoms with Crippen molar-refractivity contribution in [1.82, 2.24) is 9.97 Å². The van der Waals surface area contributed by atoms with E-state index in [9.17, 15) is 4.79 Å². The van der Waals surface area contributed by atoms with E-state index in [4.69, 9.17) is 0 Å². The van der Waals surface area contributed by atoms with Crippen LogP contribution in [0.15, 0.2) is 37.0 Å². The number of hydrogen-bond donors (Lipinski definition) is 1. The topological polar surface area (TPSA) is 45.8 Å². The molecular formula is C18H20N2O. The molecule has 1 N–H and O–H groups in total. The standard InChI is InChI=1S/C15H12N2O.C3H8/c1-9(2)14-6-12-11-5-10(8-18)3-4-13(11)17-15(12)7-16-14;1-3-2/h3-8,17H,1H2,2H3;3H2,1-2H3. The van der Waals surface area contributed by atoms with Crippen LogP contribution in [0.3, 0.4) is 0 Å². The molecular weight excluding hydrogens is 260 g/mol. The minimum absolute atomic E-state index is 0.678. The van der Waals surface area contributed by atoms with E-state index in [0.29, 0.717) is 5.56 Å². The maximum absolute atomic E-state index is 10.8. The number of nitrogens with zero attached hydrogens (tertiary/aromatic N) is 1. The molecule has 3 rings (SSSR count). The first kappa shape index (κ1) is 15.0. The number of carbonyl (C=O) groups excluding carboxylic acids is 1. The van der Waals surface area contributed by atoms with E-state index in [1.165, 1.54) is 6.42 Å². The van der Waals surface area contributed by atoms with Crippen molar-refractivity contribution in [1.29, 1.82) is 0 Å². The smallest absolute Gasteiger partial charge is 0.150 e. The summed E-state index contributed by atoms with van der Waals surface area (Å²) in [5.74, 6) is 0. The molecule has 0 fully saturated rings. The Morgan fingerprint density at radius 3 is 2.52 bits per heavy atom. The Labute approximate surface area is 124 Å². The average Bonchev–Trinajstić information content (AvgIpc) is 2.84. The minimum atomic E-state index is 0.678. The first-order chi connectivity index (χ1) is 10.1. The molecule has 0 aliphatic carbocycles. The van der Waals surface area contributed by atoms with Crippen LogP contribution in [0.5, 0.6) is 0 Å². The maximum atomic E-state index is 10.8. The molecule has 2 aromatic heterocycles. The highest BCUT2D eigenvalue weighted by molar-refractivity contribution is 6.08. The van der Waals surface area contributed by atoms with Crippen molar-refractivity contribution in [3.63, 3.8) is 0 Å². The molecule has 3 aromatic rings. The number of aldehydes is 1. The third-order valence-electron chi connectivity index (χ3n) is 3.08. The van der Waals surface area contributed by atoms with Crippen LogP contribution >= 0.6 is 0 Å². The van der Waals surface area contributed by atoms with Gasteiger partial charge in [0.2, 0.25) is 0 Å². The van der Waals surface area contributed by atoms with Crippen molar-refractivity contribution in [2.24, 2.45) is 0 Å². The van der Waals surface area contributed by atoms with Crippen LogP contribution in [0.25, 0.3) is 27.4 Å². The number of aromatic nitrogens is 2. The summed E-state index contributed by atoms with van der Waals surface area (Å²) in [7, 11) is 0. The van der Waals surface area contributed by atoms with E-state index in [0.717, 1.165) is 39.4 Å². The molecule has 2 heterocycles. The second-order valence-electron chi connectivity index (χ2n) is 5.15. The van der Waals surface area contributed by atoms with Crippen LogP contribution < -0.4 is 0 Å². The Hall–Kier alpha value is -2.42. The highest BCUT2D eigenvalue weighted by atomic mass is 16.1. The monoisotopic (exact) mass is 280 g/mol. The maximum Gasteiger partial charge on any atom is 0.150 e. The highest BCUT2D eigenvalue weighted by Gasteiger charge is 2.07. The first-order valence-corrected chi connectivity index (χ1v) is 7.13. The molecule has 0 aliphatic rings. The van der Waals surface area contributed by atoms with E-state index < -0.39 is 0 Å². The molecule has 21 heavy (non-hydrogen) atoms. The molecule has 1 aromatic carbocycles. The Bertz CT molecular complexity index is 799. The van der Waals surface area contributed by atoms with Crippen LogP contribution in [0, 0.1) is 0 Å². The molecule has 0 unspecified atom stereocenters. The summed E-state index contributed by atoms with van der Waals surface area (Å²) < 4.78 is 0. The van der Waals surface area contributed by atoms with Crippen molar-refractivity contribution in [2.75, 3.05) is 0 Å². The average molecular weight is 280 g/mol. The van der Waals surface area contributed by atoms with Gasteiger partial charge in [-0.25, -0.2) is 0 Å². The van der Waals surface area contributed by atoms with Gasteiger partial charge < -0.3 is 4.98 Å². The normalized spacial score (nSPS) is 10.2. The van der Waals surface area contributed by atoms with Gasteiger partial charge in [0.1, 0.15) is 6.29 Å². The minimum Gasteiger partial charge on any atom is -0.353 e. The SMILES string of the molecule is C=C(C)c1cc2c(cn1)[nH]c1ccc(C=O)cc12.CCC. The number of carbonyl (C=O) groups is 1. The molecule has 0 saturated carbocycles. The van der Waals surface area contributed by atoms with Gasteiger partial charge in [-0.2, -0.15) is 0 Å². The highest BCUT2D eigenvalue weighted by Crippen LogP contribution is 2.27. The summed E-state index contributed by atoms with van der Waals surface area (Å²) in [5.41, 5.74) is 4.46. The predicted molar refractivity (Wildman–Crippen MR) is 89.7 cm³/mol. The largest absolute Gasteiger partial charge is 0.353 e. The zero-order valence-electron chi connectivity index (χ0n) is 12.7. The summed E-state index contributed by atoms with van der Waals surface area (Å²) in [6, 6.07) is 7.62. The Morgan fingerprint density at radius 1 is 1.24 bits per heavy atom. The van der Waals surface area contributed by atoms with Gasteiger partial charge >= 0.3 is 0 Å². The zero-order valence-corrected chi connectivity index (χ0v) is 12.7. The van der Waals surface area contributed by atoms with E-state index >= 15 is 0 Å². The molecule has 3 nitrogen and oxygen atoms in total. The van der Waals surface area contributed by atoms with Gasteiger partial charge in [-0.15, -0.1) is 0 Å². The number of benzene rings is 1. The van der Waals surface area contributed by atoms with Crippen LogP contribution in [0.4, 0.5) is 0 Å². The van der Waals surface area contributed by atoms with Gasteiger partial charge in [-0.05, 0) is 36.8 Å². The number of aromatic amines is 1. The molecule has 0 radical (unpaired) electrons. The van der Waals surface area contributed by atoms with Crippen molar-refractivity contribution in [3.8, 4) is 0 Å². The summed E-state index contributed by atoms with van der Waals surface area (Å²) in [5, 5.41) is 2.11. The first-order valence-electron chi connectivity index (χ1n) is 7.13. The molecule has 0 saturated heterocycles. The van der Waals surface area contributed by atoms with Crippen LogP contribution in [-0.2, 0) is 0 Å². The molecule has 3 heteroatoms. The van der Waals surface area contributed by atoms with E-state index in [2.05, 4.69) is 30.4 Å². The Morgan fingerprint density at radius 2 is 1.90 bits per heavy atom. The quantitative estimate of drug-likeness (QED) is 0.673. The third-order valence-corrected chi connectivity index (χ3v) is 3.08. The van der Waals surface area contributed by atoms with Crippen molar-refractivity contribution < 1.29 is 4.79 Å². The molecule has 0 aliphatic heterocycles. The van der Waals surface area contributed by atoms with Gasteiger partial charge in [-0.3, -0.25) is 9.78 Å². The fraction of sp³-hybridized carbons (Fsp3) is 0.222. The lowest BCUT2D eigenvalue weighted by Crippen LogP contribution is -1.83. The Balaban J connectivity index is 0.000000497. The summed E-state index contributed by atoms with van der Waals surface area (Å²) in [6.07, 6.45) is 3.92. The lowest BCUT2D eigenvalue weighted by Gasteiger charge is -1.98. The van der Waals surface area contributed by atoms with Crippen molar-refractivity contribution in [3.05, 3.63) is 48.3 Å². The number of pyridine rings is 1. The number of nitrogens with one attached hydrogen (secondary N) is 1. The van der Waals surface area contributed by atoms with Crippen LogP contribution in [0.1, 0.15) is 43.2 Å². The van der Waals surface area contributed by atoms with Crippen LogP contribution in [0.2, 0.25) is 0 Å². The second kappa shape index (κ2) is 6.35. The van der Waals surface area contributed by atoms with E-state index in [1.807, 2.05) is 25.1 Å². The van der Waals surface area contributed by atoms with Gasteiger partial charge in [0, 0.05) is 21.9 Å². The number of allylic oxidation sites excluding steroid dienone is 1. The molecule has 0 amide bonds. The number of hydrogen-bond acceptors (Lipinski definition) is 2. The summed E-state index contributed by atoms with van der Waals surface area (Å²) >= 11 is 0. The number of rotatable bonds is 2. The van der Waals surface area contributed by atoms with Crippen molar-refractivity contribution >= 4 is 33.7 Å². The zero-order chi connectivity index (χ0) is 15.4. The Kier molecular flexibility index (Phi) is 4.53. The summed E-state index contributed by atoms with van der Waals surface area (Å²) in [4.78, 5) is 18.5. The number of H-pyrrole nitrogens is 1. The lowest BCUT2D eigenvalue weighted by molar-refractivity contribution is 0.112. The number of fused-ring (bicyclic) bond motifs is 3. The fourth-order valence-corrected chi connectivity index (χ4v) is 2.12. The molecule has 0 bridgehead atoms. The lowest BCUT2D eigenvalue weighted by atomic mass is 10.1. The van der Waals surface area contributed by atoms with Gasteiger partial charge in [0.15, 0.2) is 0 Å². The fourth-order valence-electron chi connectivity index (χ4n) is 2.12. The predicted octanol–water partition coefficient (Wildman–Crippen LogP) is 4.98. The second-order valence-corrected chi connectivity index (χ2v) is 5.15.